The van der Waals surface area contributed by atoms with Gasteiger partial charge in [0.05, 0.1) is 12.7 Å². The number of carboxylic acid groups (broad SMARTS) is 1. The van der Waals surface area contributed by atoms with Gasteiger partial charge in [0.25, 0.3) is 5.91 Å². The Balaban J connectivity index is 2.63. The van der Waals surface area contributed by atoms with Gasteiger partial charge in [0.2, 0.25) is 0 Å². The highest BCUT2D eigenvalue weighted by molar-refractivity contribution is 5.92. The lowest BCUT2D eigenvalue weighted by atomic mass is 10.4. The lowest BCUT2D eigenvalue weighted by Gasteiger charge is -1.94. The van der Waals surface area contributed by atoms with Crippen LogP contribution in [0.1, 0.15) is 10.5 Å². The molecule has 0 unspecified atom stereocenters. The van der Waals surface area contributed by atoms with E-state index in [1.165, 1.54) is 6.20 Å². The Morgan fingerprint density at radius 3 is 3.00 bits per heavy atom. The zero-order chi connectivity index (χ0) is 11.3. The number of terminal acetylenes is 1. The zero-order valence-electron chi connectivity index (χ0n) is 7.67. The summed E-state index contributed by atoms with van der Waals surface area (Å²) in [5.74, 6) is 0.685. The highest BCUT2D eigenvalue weighted by Crippen LogP contribution is 1.92. The van der Waals surface area contributed by atoms with Crippen LogP contribution in [0.5, 0.6) is 0 Å². The number of nitrogens with one attached hydrogen (secondary N) is 1. The fourth-order valence-corrected chi connectivity index (χ4v) is 0.840. The van der Waals surface area contributed by atoms with Crippen LogP contribution < -0.4 is 5.32 Å². The molecule has 78 valence electrons. The quantitative estimate of drug-likeness (QED) is 0.601. The number of aliphatic carboxylic acids is 1. The molecular formula is C8H8N4O3. The van der Waals surface area contributed by atoms with Crippen molar-refractivity contribution in [1.82, 2.24) is 20.3 Å². The number of aromatic nitrogens is 3. The van der Waals surface area contributed by atoms with Gasteiger partial charge in [0.1, 0.15) is 6.54 Å². The average Bonchev–Trinajstić information content (AvgIpc) is 2.61. The van der Waals surface area contributed by atoms with Gasteiger partial charge < -0.3 is 10.4 Å². The van der Waals surface area contributed by atoms with Gasteiger partial charge in [-0.1, -0.05) is 11.1 Å². The first-order chi connectivity index (χ1) is 7.13. The monoisotopic (exact) mass is 208 g/mol. The van der Waals surface area contributed by atoms with E-state index in [9.17, 15) is 9.59 Å². The van der Waals surface area contributed by atoms with E-state index < -0.39 is 11.9 Å². The number of carbonyl (C=O) groups excluding carboxylic acids is 1. The SMILES string of the molecule is C#CCNC(=O)c1cn(CC(=O)O)nn1. The number of rotatable bonds is 4. The summed E-state index contributed by atoms with van der Waals surface area (Å²) in [5, 5.41) is 17.8. The number of hydrogen-bond donors (Lipinski definition) is 2. The van der Waals surface area contributed by atoms with Crippen LogP contribution in [0.2, 0.25) is 0 Å². The Bertz CT molecular complexity index is 418. The van der Waals surface area contributed by atoms with Crippen molar-refractivity contribution in [3.05, 3.63) is 11.9 Å². The van der Waals surface area contributed by atoms with Crippen molar-refractivity contribution in [3.8, 4) is 12.3 Å². The molecule has 7 nitrogen and oxygen atoms in total. The second-order valence-electron chi connectivity index (χ2n) is 2.58. The van der Waals surface area contributed by atoms with Crippen molar-refractivity contribution in [2.75, 3.05) is 6.54 Å². The van der Waals surface area contributed by atoms with Crippen LogP contribution in [-0.4, -0.2) is 38.5 Å². The van der Waals surface area contributed by atoms with E-state index in [-0.39, 0.29) is 18.8 Å². The minimum Gasteiger partial charge on any atom is -0.480 e. The number of amides is 1. The molecule has 0 aliphatic heterocycles. The Morgan fingerprint density at radius 1 is 1.67 bits per heavy atom. The van der Waals surface area contributed by atoms with Gasteiger partial charge in [-0.15, -0.1) is 11.5 Å². The third-order valence-corrected chi connectivity index (χ3v) is 1.42. The molecule has 0 saturated heterocycles. The van der Waals surface area contributed by atoms with E-state index in [4.69, 9.17) is 11.5 Å². The molecule has 0 saturated carbocycles. The first-order valence-electron chi connectivity index (χ1n) is 3.97. The Morgan fingerprint density at radius 2 is 2.40 bits per heavy atom. The predicted octanol–water partition coefficient (Wildman–Crippen LogP) is -1.27. The van der Waals surface area contributed by atoms with E-state index in [1.807, 2.05) is 0 Å². The van der Waals surface area contributed by atoms with Crippen LogP contribution in [0.3, 0.4) is 0 Å². The summed E-state index contributed by atoms with van der Waals surface area (Å²) in [4.78, 5) is 21.5. The molecule has 0 spiro atoms. The van der Waals surface area contributed by atoms with Crippen molar-refractivity contribution >= 4 is 11.9 Å². The second-order valence-corrected chi connectivity index (χ2v) is 2.58. The molecule has 1 heterocycles. The van der Waals surface area contributed by atoms with Crippen molar-refractivity contribution < 1.29 is 14.7 Å². The van der Waals surface area contributed by atoms with E-state index in [1.54, 1.807) is 0 Å². The van der Waals surface area contributed by atoms with Gasteiger partial charge in [0.15, 0.2) is 5.69 Å². The summed E-state index contributed by atoms with van der Waals surface area (Å²) in [6, 6.07) is 0. The zero-order valence-corrected chi connectivity index (χ0v) is 7.67. The van der Waals surface area contributed by atoms with Crippen LogP contribution in [-0.2, 0) is 11.3 Å². The number of hydrogen-bond acceptors (Lipinski definition) is 4. The molecule has 0 radical (unpaired) electrons. The number of carbonyl (C=O) groups is 2. The molecule has 7 heteroatoms. The molecule has 1 rings (SSSR count). The highest BCUT2D eigenvalue weighted by Gasteiger charge is 2.10. The first-order valence-corrected chi connectivity index (χ1v) is 3.97. The van der Waals surface area contributed by atoms with Crippen LogP contribution >= 0.6 is 0 Å². The topological polar surface area (TPSA) is 97.1 Å². The summed E-state index contributed by atoms with van der Waals surface area (Å²) >= 11 is 0. The maximum atomic E-state index is 11.2. The highest BCUT2D eigenvalue weighted by atomic mass is 16.4. The van der Waals surface area contributed by atoms with Crippen LogP contribution in [0, 0.1) is 12.3 Å². The molecule has 15 heavy (non-hydrogen) atoms. The van der Waals surface area contributed by atoms with Crippen molar-refractivity contribution in [2.24, 2.45) is 0 Å². The van der Waals surface area contributed by atoms with E-state index >= 15 is 0 Å². The smallest absolute Gasteiger partial charge is 0.325 e. The third-order valence-electron chi connectivity index (χ3n) is 1.42. The fraction of sp³-hybridized carbons (Fsp3) is 0.250. The van der Waals surface area contributed by atoms with Gasteiger partial charge in [-0.05, 0) is 0 Å². The summed E-state index contributed by atoms with van der Waals surface area (Å²) in [5.41, 5.74) is 0.0338. The van der Waals surface area contributed by atoms with Crippen molar-refractivity contribution in [2.45, 2.75) is 6.54 Å². The Kier molecular flexibility index (Phi) is 3.40. The Labute approximate surface area is 85.1 Å². The lowest BCUT2D eigenvalue weighted by Crippen LogP contribution is -2.23. The molecular weight excluding hydrogens is 200 g/mol. The molecule has 0 fully saturated rings. The van der Waals surface area contributed by atoms with Gasteiger partial charge in [-0.3, -0.25) is 9.59 Å². The standard InChI is InChI=1S/C8H8N4O3/c1-2-3-9-8(15)6-4-12(11-10-6)5-7(13)14/h1,4H,3,5H2,(H,9,15)(H,13,14). The van der Waals surface area contributed by atoms with E-state index in [0.717, 1.165) is 4.68 Å². The minimum atomic E-state index is -1.06. The molecule has 0 bridgehead atoms. The third kappa shape index (κ3) is 3.11. The molecule has 0 aliphatic carbocycles. The predicted molar refractivity (Wildman–Crippen MR) is 48.8 cm³/mol. The summed E-state index contributed by atoms with van der Waals surface area (Å²) in [6.45, 7) is -0.250. The van der Waals surface area contributed by atoms with Crippen LogP contribution in [0.4, 0.5) is 0 Å². The van der Waals surface area contributed by atoms with Gasteiger partial charge in [0, 0.05) is 0 Å². The van der Waals surface area contributed by atoms with E-state index in [2.05, 4.69) is 21.5 Å². The maximum Gasteiger partial charge on any atom is 0.325 e. The van der Waals surface area contributed by atoms with Gasteiger partial charge >= 0.3 is 5.97 Å². The lowest BCUT2D eigenvalue weighted by molar-refractivity contribution is -0.137. The molecule has 0 aliphatic rings. The van der Waals surface area contributed by atoms with Crippen molar-refractivity contribution in [1.29, 1.82) is 0 Å². The largest absolute Gasteiger partial charge is 0.480 e. The first kappa shape index (κ1) is 10.7. The van der Waals surface area contributed by atoms with Crippen LogP contribution in [0.25, 0.3) is 0 Å². The molecule has 1 aromatic rings. The number of nitrogens with zero attached hydrogens (tertiary/aromatic N) is 3. The van der Waals surface area contributed by atoms with Gasteiger partial charge in [-0.25, -0.2) is 4.68 Å². The minimum absolute atomic E-state index is 0.0338. The summed E-state index contributed by atoms with van der Waals surface area (Å²) in [6.07, 6.45) is 6.18. The molecule has 2 N–H and O–H groups in total. The molecule has 1 amide bonds. The molecule has 0 aromatic carbocycles. The number of carboxylic acids is 1. The normalized spacial score (nSPS) is 9.27. The van der Waals surface area contributed by atoms with Crippen molar-refractivity contribution in [3.63, 3.8) is 0 Å². The van der Waals surface area contributed by atoms with E-state index in [0.29, 0.717) is 0 Å². The maximum absolute atomic E-state index is 11.2. The summed E-state index contributed by atoms with van der Waals surface area (Å²) in [7, 11) is 0. The fourth-order valence-electron chi connectivity index (χ4n) is 0.840. The average molecular weight is 208 g/mol. The molecule has 0 atom stereocenters. The van der Waals surface area contributed by atoms with Gasteiger partial charge in [-0.2, -0.15) is 0 Å². The Hall–Kier alpha value is -2.36. The summed E-state index contributed by atoms with van der Waals surface area (Å²) < 4.78 is 1.05. The molecule has 1 aromatic heterocycles. The second kappa shape index (κ2) is 4.76. The van der Waals surface area contributed by atoms with Crippen LogP contribution in [0.15, 0.2) is 6.20 Å².